The Balaban J connectivity index is 1.83. The number of Topliss-reactive ketones (excluding diaryl/α,β-unsaturated/α-hetero) is 1. The number of fused-ring (bicyclic) bond motifs is 5. The Bertz CT molecular complexity index is 781. The number of ketones is 2. The molecule has 4 aliphatic rings. The minimum Gasteiger partial charge on any atom is -0.390 e. The van der Waals surface area contributed by atoms with Crippen molar-refractivity contribution >= 4 is 11.6 Å². The van der Waals surface area contributed by atoms with Gasteiger partial charge >= 0.3 is 0 Å². The lowest BCUT2D eigenvalue weighted by atomic mass is 9.44. The van der Waals surface area contributed by atoms with E-state index in [0.717, 1.165) is 5.57 Å². The maximum atomic E-state index is 17.0. The van der Waals surface area contributed by atoms with E-state index in [1.165, 1.54) is 7.11 Å². The Morgan fingerprint density at radius 2 is 2.00 bits per heavy atom. The summed E-state index contributed by atoms with van der Waals surface area (Å²) in [7, 11) is 1.40. The fraction of sp³-hybridized carbons (Fsp3) is 0.818. The summed E-state index contributed by atoms with van der Waals surface area (Å²) in [5.74, 6) is -1.72. The molecule has 8 atom stereocenters. The molecule has 0 aromatic rings. The lowest BCUT2D eigenvalue weighted by Crippen LogP contribution is -2.70. The van der Waals surface area contributed by atoms with E-state index in [4.69, 9.17) is 4.74 Å². The summed E-state index contributed by atoms with van der Waals surface area (Å²) in [6.07, 6.45) is 1.05. The lowest BCUT2D eigenvalue weighted by Gasteiger charge is -2.63. The van der Waals surface area contributed by atoms with E-state index in [1.807, 2.05) is 0 Å². The maximum Gasteiger partial charge on any atom is 0.192 e. The predicted octanol–water partition coefficient (Wildman–Crippen LogP) is 1.50. The first-order valence-electron chi connectivity index (χ1n) is 10.5. The Morgan fingerprint density at radius 3 is 2.62 bits per heavy atom. The standard InChI is InChI=1S/C22H31FO6/c1-19-7-6-13(25)8-12(19)4-5-14-15-9-18(29-3)22(28,17(27)11-24)20(15,2)10-16(26)21(14,19)23/h8,14-16,18,24,26,28H,4-7,9-11H2,1-3H3/t14-,15-,16-,18+,19-,20-,21-,22+/m0/s1. The minimum absolute atomic E-state index is 0.00195. The number of hydrogen-bond acceptors (Lipinski definition) is 6. The topological polar surface area (TPSA) is 104 Å². The van der Waals surface area contributed by atoms with Gasteiger partial charge in [0.2, 0.25) is 0 Å². The third-order valence-corrected chi connectivity index (χ3v) is 9.09. The van der Waals surface area contributed by atoms with Crippen LogP contribution in [0.2, 0.25) is 0 Å². The summed E-state index contributed by atoms with van der Waals surface area (Å²) >= 11 is 0. The highest BCUT2D eigenvalue weighted by Crippen LogP contribution is 2.70. The summed E-state index contributed by atoms with van der Waals surface area (Å²) in [6.45, 7) is 2.68. The summed E-state index contributed by atoms with van der Waals surface area (Å²) < 4.78 is 22.4. The van der Waals surface area contributed by atoms with Crippen LogP contribution < -0.4 is 0 Å². The molecule has 0 radical (unpaired) electrons. The number of allylic oxidation sites excluding steroid dienone is 1. The molecule has 0 aliphatic heterocycles. The van der Waals surface area contributed by atoms with Crippen LogP contribution in [0.25, 0.3) is 0 Å². The molecule has 0 spiro atoms. The molecule has 0 saturated heterocycles. The number of aliphatic hydroxyl groups is 3. The summed E-state index contributed by atoms with van der Waals surface area (Å²) in [5.41, 5.74) is -5.24. The largest absolute Gasteiger partial charge is 0.390 e. The van der Waals surface area contributed by atoms with Crippen LogP contribution in [0.1, 0.15) is 52.4 Å². The second kappa shape index (κ2) is 6.42. The van der Waals surface area contributed by atoms with Crippen molar-refractivity contribution in [1.29, 1.82) is 0 Å². The number of halogens is 1. The molecule has 0 bridgehead atoms. The van der Waals surface area contributed by atoms with Gasteiger partial charge in [0.1, 0.15) is 12.3 Å². The first kappa shape index (κ1) is 21.1. The predicted molar refractivity (Wildman–Crippen MR) is 102 cm³/mol. The molecule has 4 rings (SSSR count). The van der Waals surface area contributed by atoms with Crippen molar-refractivity contribution in [2.45, 2.75) is 75.9 Å². The molecule has 0 aromatic heterocycles. The molecule has 162 valence electrons. The third kappa shape index (κ3) is 2.30. The van der Waals surface area contributed by atoms with Crippen LogP contribution in [0.3, 0.4) is 0 Å². The molecule has 7 heteroatoms. The highest BCUT2D eigenvalue weighted by atomic mass is 19.1. The van der Waals surface area contributed by atoms with E-state index >= 15 is 4.39 Å². The van der Waals surface area contributed by atoms with Crippen molar-refractivity contribution < 1.29 is 34.0 Å². The number of carbonyl (C=O) groups is 2. The molecule has 0 amide bonds. The summed E-state index contributed by atoms with van der Waals surface area (Å²) in [6, 6.07) is 0. The van der Waals surface area contributed by atoms with Crippen LogP contribution in [0.15, 0.2) is 11.6 Å². The molecule has 0 heterocycles. The van der Waals surface area contributed by atoms with Gasteiger partial charge in [-0.1, -0.05) is 19.4 Å². The van der Waals surface area contributed by atoms with E-state index < -0.39 is 58.5 Å². The van der Waals surface area contributed by atoms with Gasteiger partial charge in [-0.25, -0.2) is 4.39 Å². The van der Waals surface area contributed by atoms with Gasteiger partial charge in [-0.05, 0) is 44.1 Å². The molecule has 4 aliphatic carbocycles. The molecule has 29 heavy (non-hydrogen) atoms. The number of carbonyl (C=O) groups excluding carboxylic acids is 2. The van der Waals surface area contributed by atoms with Gasteiger partial charge in [-0.2, -0.15) is 0 Å². The highest BCUT2D eigenvalue weighted by Gasteiger charge is 2.76. The van der Waals surface area contributed by atoms with Gasteiger partial charge in [0.25, 0.3) is 0 Å². The van der Waals surface area contributed by atoms with Gasteiger partial charge in [-0.15, -0.1) is 0 Å². The van der Waals surface area contributed by atoms with Crippen molar-refractivity contribution in [1.82, 2.24) is 0 Å². The first-order chi connectivity index (χ1) is 13.5. The van der Waals surface area contributed by atoms with Crippen molar-refractivity contribution in [3.05, 3.63) is 11.6 Å². The van der Waals surface area contributed by atoms with Crippen LogP contribution in [-0.2, 0) is 14.3 Å². The summed E-state index contributed by atoms with van der Waals surface area (Å²) in [5, 5.41) is 32.2. The van der Waals surface area contributed by atoms with Crippen LogP contribution in [0.4, 0.5) is 4.39 Å². The SMILES string of the molecule is CO[C@@H]1C[C@H]2[C@@H]3CCC4=CC(=O)CC[C@]4(C)[C@@]3(F)[C@@H](O)C[C@]2(C)[C@@]1(O)C(=O)CO. The first-order valence-corrected chi connectivity index (χ1v) is 10.5. The van der Waals surface area contributed by atoms with Crippen molar-refractivity contribution in [2.75, 3.05) is 13.7 Å². The van der Waals surface area contributed by atoms with Crippen molar-refractivity contribution in [3.63, 3.8) is 0 Å². The fourth-order valence-electron chi connectivity index (χ4n) is 7.45. The van der Waals surface area contributed by atoms with Gasteiger partial charge < -0.3 is 20.1 Å². The van der Waals surface area contributed by atoms with Crippen LogP contribution in [0, 0.1) is 22.7 Å². The zero-order valence-electron chi connectivity index (χ0n) is 17.3. The molecular weight excluding hydrogens is 379 g/mol. The van der Waals surface area contributed by atoms with Crippen LogP contribution in [-0.4, -0.2) is 64.1 Å². The second-order valence-corrected chi connectivity index (χ2v) is 9.93. The van der Waals surface area contributed by atoms with E-state index in [-0.39, 0.29) is 25.0 Å². The molecule has 3 saturated carbocycles. The zero-order chi connectivity index (χ0) is 21.4. The van der Waals surface area contributed by atoms with Crippen LogP contribution >= 0.6 is 0 Å². The Labute approximate surface area is 170 Å². The molecular formula is C22H31FO6. The minimum atomic E-state index is -1.98. The Morgan fingerprint density at radius 1 is 1.31 bits per heavy atom. The van der Waals surface area contributed by atoms with Gasteiger partial charge in [-0.3, -0.25) is 9.59 Å². The number of methoxy groups -OCH3 is 1. The van der Waals surface area contributed by atoms with E-state index in [0.29, 0.717) is 19.3 Å². The number of hydrogen-bond donors (Lipinski definition) is 3. The molecule has 3 fully saturated rings. The molecule has 3 N–H and O–H groups in total. The number of ether oxygens (including phenoxy) is 1. The fourth-order valence-corrected chi connectivity index (χ4v) is 7.45. The third-order valence-electron chi connectivity index (χ3n) is 9.09. The number of alkyl halides is 1. The van der Waals surface area contributed by atoms with Crippen LogP contribution in [0.5, 0.6) is 0 Å². The quantitative estimate of drug-likeness (QED) is 0.651. The van der Waals surface area contributed by atoms with E-state index in [2.05, 4.69) is 0 Å². The Kier molecular flexibility index (Phi) is 4.67. The number of aliphatic hydroxyl groups excluding tert-OH is 2. The molecule has 0 unspecified atom stereocenters. The average molecular weight is 410 g/mol. The molecule has 6 nitrogen and oxygen atoms in total. The smallest absolute Gasteiger partial charge is 0.192 e. The van der Waals surface area contributed by atoms with E-state index in [9.17, 15) is 24.9 Å². The summed E-state index contributed by atoms with van der Waals surface area (Å²) in [4.78, 5) is 24.6. The average Bonchev–Trinajstić information content (AvgIpc) is 2.91. The maximum absolute atomic E-state index is 17.0. The second-order valence-electron chi connectivity index (χ2n) is 9.93. The monoisotopic (exact) mass is 410 g/mol. The lowest BCUT2D eigenvalue weighted by molar-refractivity contribution is -0.231. The zero-order valence-corrected chi connectivity index (χ0v) is 17.3. The van der Waals surface area contributed by atoms with Gasteiger partial charge in [0.05, 0.1) is 12.2 Å². The van der Waals surface area contributed by atoms with Gasteiger partial charge in [0.15, 0.2) is 17.2 Å². The highest BCUT2D eigenvalue weighted by molar-refractivity contribution is 5.92. The van der Waals surface area contributed by atoms with Gasteiger partial charge in [0, 0.05) is 30.3 Å². The normalized spacial score (nSPS) is 51.7. The van der Waals surface area contributed by atoms with E-state index in [1.54, 1.807) is 19.9 Å². The van der Waals surface area contributed by atoms with Crippen molar-refractivity contribution in [2.24, 2.45) is 22.7 Å². The number of rotatable bonds is 3. The molecule has 0 aromatic carbocycles. The Hall–Kier alpha value is -1.15. The van der Waals surface area contributed by atoms with Crippen molar-refractivity contribution in [3.8, 4) is 0 Å².